The van der Waals surface area contributed by atoms with Gasteiger partial charge in [-0.15, -0.1) is 0 Å². The van der Waals surface area contributed by atoms with Gasteiger partial charge in [0.05, 0.1) is 18.2 Å². The molecule has 0 radical (unpaired) electrons. The smallest absolute Gasteiger partial charge is 0.270 e. The summed E-state index contributed by atoms with van der Waals surface area (Å²) in [6, 6.07) is 5.15. The molecule has 2 N–H and O–H groups in total. The number of thiophene rings is 1. The molecule has 1 saturated heterocycles. The first-order chi connectivity index (χ1) is 17.4. The molecule has 1 aliphatic rings. The van der Waals surface area contributed by atoms with Crippen molar-refractivity contribution in [3.63, 3.8) is 0 Å². The summed E-state index contributed by atoms with van der Waals surface area (Å²) >= 11 is 1.52. The maximum Gasteiger partial charge on any atom is 0.270 e. The molecule has 0 aromatic carbocycles. The van der Waals surface area contributed by atoms with Gasteiger partial charge >= 0.3 is 0 Å². The van der Waals surface area contributed by atoms with Crippen LogP contribution in [0.1, 0.15) is 40.6 Å². The lowest BCUT2D eigenvalue weighted by Gasteiger charge is -2.35. The quantitative estimate of drug-likeness (QED) is 0.433. The van der Waals surface area contributed by atoms with Crippen LogP contribution in [0.25, 0.3) is 16.9 Å². The van der Waals surface area contributed by atoms with Crippen LogP contribution in [0.3, 0.4) is 0 Å². The monoisotopic (exact) mass is 512 g/mol. The Kier molecular flexibility index (Phi) is 8.73. The first kappa shape index (κ1) is 26.3. The summed E-state index contributed by atoms with van der Waals surface area (Å²) in [7, 11) is 4.17. The van der Waals surface area contributed by atoms with Gasteiger partial charge in [0.25, 0.3) is 11.8 Å². The number of piperazine rings is 1. The maximum atomic E-state index is 13.6. The minimum absolute atomic E-state index is 0.0656. The Balaban J connectivity index is 1.60. The Bertz CT molecular complexity index is 1160. The summed E-state index contributed by atoms with van der Waals surface area (Å²) in [6.07, 6.45) is 3.49. The molecule has 0 bridgehead atoms. The van der Waals surface area contributed by atoms with E-state index in [0.29, 0.717) is 42.1 Å². The molecule has 9 nitrogen and oxygen atoms in total. The lowest BCUT2D eigenvalue weighted by molar-refractivity contribution is 0.0635. The standard InChI is InChI=1S/C26H36N6O3S/c1-4-20(17-33)27-25(34)23-22(19-8-16-36-18-19)28-24-21(7-5-11-32(23)24)26(35)31-14-12-30(13-15-31)10-6-9-29(2)3/h5,7-8,11,16,18,20,33H,4,6,9-10,12-15,17H2,1-3H3,(H,27,34)/t20-/m0/s1. The van der Waals surface area contributed by atoms with Crippen LogP contribution in [0.5, 0.6) is 0 Å². The molecule has 2 amide bonds. The second kappa shape index (κ2) is 12.0. The molecule has 36 heavy (non-hydrogen) atoms. The molecule has 0 unspecified atom stereocenters. The molecule has 194 valence electrons. The predicted molar refractivity (Wildman–Crippen MR) is 143 cm³/mol. The van der Waals surface area contributed by atoms with E-state index in [1.165, 1.54) is 11.3 Å². The maximum absolute atomic E-state index is 13.6. The third-order valence-corrected chi connectivity index (χ3v) is 7.36. The van der Waals surface area contributed by atoms with E-state index in [9.17, 15) is 14.7 Å². The molecule has 1 atom stereocenters. The van der Waals surface area contributed by atoms with Crippen molar-refractivity contribution in [2.75, 3.05) is 60.0 Å². The molecule has 3 aromatic heterocycles. The first-order valence-electron chi connectivity index (χ1n) is 12.5. The number of carbonyl (C=O) groups excluding carboxylic acids is 2. The molecule has 4 heterocycles. The van der Waals surface area contributed by atoms with E-state index >= 15 is 0 Å². The number of pyridine rings is 1. The van der Waals surface area contributed by atoms with Gasteiger partial charge in [-0.3, -0.25) is 18.9 Å². The van der Waals surface area contributed by atoms with E-state index in [-0.39, 0.29) is 24.5 Å². The third-order valence-electron chi connectivity index (χ3n) is 6.68. The zero-order valence-corrected chi connectivity index (χ0v) is 22.1. The van der Waals surface area contributed by atoms with Crippen LogP contribution in [0.2, 0.25) is 0 Å². The van der Waals surface area contributed by atoms with Crippen LogP contribution in [0.15, 0.2) is 35.2 Å². The molecule has 10 heteroatoms. The van der Waals surface area contributed by atoms with Crippen LogP contribution >= 0.6 is 11.3 Å². The lowest BCUT2D eigenvalue weighted by Crippen LogP contribution is -2.49. The number of aliphatic hydroxyl groups excluding tert-OH is 1. The minimum Gasteiger partial charge on any atom is -0.394 e. The molecule has 1 aliphatic heterocycles. The fraction of sp³-hybridized carbons (Fsp3) is 0.500. The van der Waals surface area contributed by atoms with Crippen LogP contribution in [-0.2, 0) is 0 Å². The van der Waals surface area contributed by atoms with Crippen molar-refractivity contribution in [3.05, 3.63) is 46.4 Å². The Labute approximate surface area is 216 Å². The van der Waals surface area contributed by atoms with Gasteiger partial charge in [-0.25, -0.2) is 4.98 Å². The van der Waals surface area contributed by atoms with Gasteiger partial charge in [0.1, 0.15) is 11.4 Å². The molecular formula is C26H36N6O3S. The molecule has 0 saturated carbocycles. The molecule has 3 aromatic rings. The Morgan fingerprint density at radius 3 is 2.64 bits per heavy atom. The highest BCUT2D eigenvalue weighted by Gasteiger charge is 2.28. The number of rotatable bonds is 10. The number of imidazole rings is 1. The van der Waals surface area contributed by atoms with Crippen molar-refractivity contribution in [1.29, 1.82) is 0 Å². The predicted octanol–water partition coefficient (Wildman–Crippen LogP) is 2.27. The fourth-order valence-corrected chi connectivity index (χ4v) is 5.18. The van der Waals surface area contributed by atoms with Gasteiger partial charge in [-0.1, -0.05) is 6.92 Å². The third kappa shape index (κ3) is 5.78. The average Bonchev–Trinajstić information content (AvgIpc) is 3.55. The van der Waals surface area contributed by atoms with E-state index in [1.54, 1.807) is 22.7 Å². The van der Waals surface area contributed by atoms with Crippen molar-refractivity contribution < 1.29 is 14.7 Å². The number of carbonyl (C=O) groups is 2. The average molecular weight is 513 g/mol. The zero-order valence-electron chi connectivity index (χ0n) is 21.3. The summed E-state index contributed by atoms with van der Waals surface area (Å²) in [6.45, 7) is 6.90. The number of amides is 2. The lowest BCUT2D eigenvalue weighted by atomic mass is 10.1. The van der Waals surface area contributed by atoms with Gasteiger partial charge in [0.15, 0.2) is 5.65 Å². The summed E-state index contributed by atoms with van der Waals surface area (Å²) in [5.74, 6) is -0.385. The molecular weight excluding hydrogens is 476 g/mol. The number of fused-ring (bicyclic) bond motifs is 1. The van der Waals surface area contributed by atoms with Crippen LogP contribution in [-0.4, -0.2) is 107 Å². The highest BCUT2D eigenvalue weighted by molar-refractivity contribution is 7.08. The SMILES string of the molecule is CC[C@@H](CO)NC(=O)c1c(-c2ccsc2)nc2c(C(=O)N3CCN(CCCN(C)C)CC3)cccn12. The van der Waals surface area contributed by atoms with Gasteiger partial charge in [0.2, 0.25) is 0 Å². The summed E-state index contributed by atoms with van der Waals surface area (Å²) in [5, 5.41) is 16.4. The van der Waals surface area contributed by atoms with Crippen molar-refractivity contribution in [1.82, 2.24) is 29.4 Å². The van der Waals surface area contributed by atoms with Gasteiger partial charge in [0, 0.05) is 43.3 Å². The van der Waals surface area contributed by atoms with E-state index in [4.69, 9.17) is 4.98 Å². The second-order valence-electron chi connectivity index (χ2n) is 9.49. The number of nitrogens with one attached hydrogen (secondary N) is 1. The van der Waals surface area contributed by atoms with Crippen molar-refractivity contribution in [2.45, 2.75) is 25.8 Å². The highest BCUT2D eigenvalue weighted by atomic mass is 32.1. The molecule has 0 aliphatic carbocycles. The van der Waals surface area contributed by atoms with Crippen LogP contribution < -0.4 is 5.32 Å². The number of aliphatic hydroxyl groups is 1. The number of hydrogen-bond acceptors (Lipinski definition) is 7. The molecule has 1 fully saturated rings. The second-order valence-corrected chi connectivity index (χ2v) is 10.3. The van der Waals surface area contributed by atoms with Crippen molar-refractivity contribution >= 4 is 28.8 Å². The van der Waals surface area contributed by atoms with E-state index in [1.807, 2.05) is 28.7 Å². The van der Waals surface area contributed by atoms with Crippen LogP contribution in [0.4, 0.5) is 0 Å². The Morgan fingerprint density at radius 2 is 2.00 bits per heavy atom. The summed E-state index contributed by atoms with van der Waals surface area (Å²) < 4.78 is 1.71. The van der Waals surface area contributed by atoms with Gasteiger partial charge in [-0.2, -0.15) is 11.3 Å². The van der Waals surface area contributed by atoms with Crippen molar-refractivity contribution in [2.24, 2.45) is 0 Å². The first-order valence-corrected chi connectivity index (χ1v) is 13.5. The summed E-state index contributed by atoms with van der Waals surface area (Å²) in [5.41, 5.74) is 2.70. The largest absolute Gasteiger partial charge is 0.394 e. The normalized spacial score (nSPS) is 15.5. The molecule has 4 rings (SSSR count). The van der Waals surface area contributed by atoms with E-state index in [2.05, 4.69) is 29.2 Å². The topological polar surface area (TPSA) is 93.4 Å². The summed E-state index contributed by atoms with van der Waals surface area (Å²) in [4.78, 5) is 38.2. The fourth-order valence-electron chi connectivity index (χ4n) is 4.54. The number of nitrogens with zero attached hydrogens (tertiary/aromatic N) is 5. The van der Waals surface area contributed by atoms with E-state index in [0.717, 1.165) is 38.2 Å². The number of aromatic nitrogens is 2. The zero-order chi connectivity index (χ0) is 25.7. The van der Waals surface area contributed by atoms with Crippen molar-refractivity contribution in [3.8, 4) is 11.3 Å². The van der Waals surface area contributed by atoms with E-state index < -0.39 is 0 Å². The van der Waals surface area contributed by atoms with Crippen LogP contribution in [0, 0.1) is 0 Å². The minimum atomic E-state index is -0.350. The molecule has 0 spiro atoms. The van der Waals surface area contributed by atoms with Gasteiger partial charge in [-0.05, 0) is 63.6 Å². The Hall–Kier alpha value is -2.79. The van der Waals surface area contributed by atoms with Gasteiger partial charge < -0.3 is 20.2 Å². The Morgan fingerprint density at radius 1 is 1.22 bits per heavy atom. The highest BCUT2D eigenvalue weighted by Crippen LogP contribution is 2.28. The number of hydrogen-bond donors (Lipinski definition) is 2.